The molecule has 0 spiro atoms. The summed E-state index contributed by atoms with van der Waals surface area (Å²) in [6.45, 7) is 10.5. The van der Waals surface area contributed by atoms with Crippen LogP contribution in [0.2, 0.25) is 10.0 Å². The predicted octanol–water partition coefficient (Wildman–Crippen LogP) is 5.68. The van der Waals surface area contributed by atoms with Gasteiger partial charge in [-0.2, -0.15) is 0 Å². The normalized spacial score (nSPS) is 12.2. The van der Waals surface area contributed by atoms with Crippen LogP contribution in [-0.4, -0.2) is 67.6 Å². The lowest BCUT2D eigenvalue weighted by Gasteiger charge is -2.26. The number of ether oxygens (including phenoxy) is 3. The Morgan fingerprint density at radius 2 is 1.63 bits per heavy atom. The number of benzene rings is 2. The molecule has 0 bridgehead atoms. The van der Waals surface area contributed by atoms with Crippen molar-refractivity contribution in [2.75, 3.05) is 39.5 Å². The zero-order valence-corrected chi connectivity index (χ0v) is 24.0. The molecule has 0 radical (unpaired) electrons. The van der Waals surface area contributed by atoms with Crippen LogP contribution in [0.15, 0.2) is 42.5 Å². The molecule has 0 saturated carbocycles. The van der Waals surface area contributed by atoms with Gasteiger partial charge in [-0.05, 0) is 53.8 Å². The number of urea groups is 1. The minimum Gasteiger partial charge on any atom is -0.492 e. The smallest absolute Gasteiger partial charge is 0.333 e. The molecule has 10 heteroatoms. The number of nitrogens with one attached hydrogen (secondary N) is 1. The van der Waals surface area contributed by atoms with E-state index in [1.165, 1.54) is 0 Å². The van der Waals surface area contributed by atoms with Crippen molar-refractivity contribution in [2.24, 2.45) is 5.41 Å². The first-order chi connectivity index (χ1) is 18.0. The van der Waals surface area contributed by atoms with E-state index in [2.05, 4.69) is 26.1 Å². The van der Waals surface area contributed by atoms with Crippen molar-refractivity contribution in [3.8, 4) is 5.75 Å². The summed E-state index contributed by atoms with van der Waals surface area (Å²) in [6.07, 6.45) is -0.614. The molecule has 0 saturated heterocycles. The summed E-state index contributed by atoms with van der Waals surface area (Å²) in [5, 5.41) is 13.3. The summed E-state index contributed by atoms with van der Waals surface area (Å²) in [6, 6.07) is 12.2. The van der Waals surface area contributed by atoms with E-state index < -0.39 is 12.1 Å². The van der Waals surface area contributed by atoms with Crippen molar-refractivity contribution in [1.82, 2.24) is 10.2 Å². The Kier molecular flexibility index (Phi) is 13.2. The van der Waals surface area contributed by atoms with Crippen molar-refractivity contribution in [3.63, 3.8) is 0 Å². The maximum Gasteiger partial charge on any atom is 0.333 e. The number of rotatable bonds is 15. The molecule has 1 unspecified atom stereocenters. The van der Waals surface area contributed by atoms with Crippen LogP contribution in [-0.2, 0) is 27.3 Å². The molecule has 0 aromatic heterocycles. The molecule has 0 aliphatic carbocycles. The van der Waals surface area contributed by atoms with E-state index >= 15 is 0 Å². The average Bonchev–Trinajstić information content (AvgIpc) is 2.83. The highest BCUT2D eigenvalue weighted by Gasteiger charge is 2.19. The second-order valence-electron chi connectivity index (χ2n) is 10.0. The first-order valence-electron chi connectivity index (χ1n) is 12.6. The van der Waals surface area contributed by atoms with Gasteiger partial charge in [0.25, 0.3) is 0 Å². The predicted molar refractivity (Wildman–Crippen MR) is 149 cm³/mol. The fourth-order valence-electron chi connectivity index (χ4n) is 3.45. The van der Waals surface area contributed by atoms with Gasteiger partial charge >= 0.3 is 12.0 Å². The molecule has 2 rings (SSSR count). The van der Waals surface area contributed by atoms with Crippen molar-refractivity contribution < 1.29 is 28.9 Å². The number of hydrogen-bond donors (Lipinski definition) is 2. The maximum atomic E-state index is 12.9. The highest BCUT2D eigenvalue weighted by atomic mass is 35.5. The molecule has 2 aromatic rings. The number of carboxylic acid groups (broad SMARTS) is 1. The number of carboxylic acids is 1. The number of hydrogen-bond acceptors (Lipinski definition) is 5. The molecule has 1 atom stereocenters. The molecule has 0 aliphatic heterocycles. The van der Waals surface area contributed by atoms with Crippen LogP contribution < -0.4 is 10.1 Å². The fraction of sp³-hybridized carbons (Fsp3) is 0.500. The molecule has 2 aromatic carbocycles. The van der Waals surface area contributed by atoms with E-state index in [9.17, 15) is 14.7 Å². The van der Waals surface area contributed by atoms with Gasteiger partial charge in [-0.1, -0.05) is 56.1 Å². The largest absolute Gasteiger partial charge is 0.492 e. The lowest BCUT2D eigenvalue weighted by atomic mass is 9.97. The molecular formula is C28H38Cl2N2O6. The van der Waals surface area contributed by atoms with Gasteiger partial charge in [0.15, 0.2) is 6.10 Å². The third-order valence-electron chi connectivity index (χ3n) is 5.37. The number of amides is 2. The van der Waals surface area contributed by atoms with Gasteiger partial charge in [-0.15, -0.1) is 0 Å². The van der Waals surface area contributed by atoms with E-state index in [1.807, 2.05) is 12.1 Å². The zero-order chi connectivity index (χ0) is 28.1. The molecule has 8 nitrogen and oxygen atoms in total. The summed E-state index contributed by atoms with van der Waals surface area (Å²) < 4.78 is 16.9. The summed E-state index contributed by atoms with van der Waals surface area (Å²) in [7, 11) is 0. The lowest BCUT2D eigenvalue weighted by Crippen LogP contribution is -2.45. The van der Waals surface area contributed by atoms with Gasteiger partial charge in [0, 0.05) is 36.2 Å². The Balaban J connectivity index is 1.89. The van der Waals surface area contributed by atoms with Crippen LogP contribution in [0.25, 0.3) is 0 Å². The van der Waals surface area contributed by atoms with Crippen molar-refractivity contribution in [2.45, 2.75) is 46.8 Å². The van der Waals surface area contributed by atoms with Crippen LogP contribution >= 0.6 is 23.2 Å². The molecule has 0 fully saturated rings. The van der Waals surface area contributed by atoms with E-state index in [0.29, 0.717) is 55.2 Å². The number of carbonyl (C=O) groups is 2. The Morgan fingerprint density at radius 3 is 2.21 bits per heavy atom. The molecule has 38 heavy (non-hydrogen) atoms. The van der Waals surface area contributed by atoms with Crippen LogP contribution in [0.3, 0.4) is 0 Å². The van der Waals surface area contributed by atoms with Crippen molar-refractivity contribution in [1.29, 1.82) is 0 Å². The summed E-state index contributed by atoms with van der Waals surface area (Å²) >= 11 is 12.1. The zero-order valence-electron chi connectivity index (χ0n) is 22.5. The first-order valence-corrected chi connectivity index (χ1v) is 13.3. The first kappa shape index (κ1) is 31.7. The minimum absolute atomic E-state index is 0.0518. The van der Waals surface area contributed by atoms with Crippen LogP contribution in [0.4, 0.5) is 4.79 Å². The van der Waals surface area contributed by atoms with Crippen LogP contribution in [0.5, 0.6) is 5.75 Å². The van der Waals surface area contributed by atoms with Gasteiger partial charge in [-0.25, -0.2) is 9.59 Å². The van der Waals surface area contributed by atoms with Crippen LogP contribution in [0.1, 0.15) is 38.8 Å². The minimum atomic E-state index is -0.989. The Labute approximate surface area is 235 Å². The Hall–Kier alpha value is -2.52. The SMILES string of the molecule is CCOC(Cc1ccc(OCCN(CCOCc2cc(Cl)cc(Cl)c2)C(=O)NCC(C)(C)C)cc1)C(=O)O. The van der Waals surface area contributed by atoms with Gasteiger partial charge in [0.2, 0.25) is 0 Å². The third-order valence-corrected chi connectivity index (χ3v) is 5.81. The number of aliphatic carboxylic acids is 1. The van der Waals surface area contributed by atoms with Crippen molar-refractivity contribution >= 4 is 35.2 Å². The average molecular weight is 570 g/mol. The fourth-order valence-corrected chi connectivity index (χ4v) is 4.03. The second-order valence-corrected chi connectivity index (χ2v) is 10.9. The van der Waals surface area contributed by atoms with E-state index in [1.54, 1.807) is 42.2 Å². The van der Waals surface area contributed by atoms with Gasteiger partial charge in [0.05, 0.1) is 19.8 Å². The highest BCUT2D eigenvalue weighted by molar-refractivity contribution is 6.34. The summed E-state index contributed by atoms with van der Waals surface area (Å²) in [4.78, 5) is 25.8. The molecule has 2 amide bonds. The third kappa shape index (κ3) is 12.3. The topological polar surface area (TPSA) is 97.3 Å². The molecule has 210 valence electrons. The van der Waals surface area contributed by atoms with Gasteiger partial charge < -0.3 is 29.5 Å². The van der Waals surface area contributed by atoms with Gasteiger partial charge in [0.1, 0.15) is 12.4 Å². The van der Waals surface area contributed by atoms with E-state index in [-0.39, 0.29) is 24.5 Å². The van der Waals surface area contributed by atoms with E-state index in [0.717, 1.165) is 11.1 Å². The Morgan fingerprint density at radius 1 is 1.00 bits per heavy atom. The molecule has 0 heterocycles. The van der Waals surface area contributed by atoms with E-state index in [4.69, 9.17) is 37.4 Å². The van der Waals surface area contributed by atoms with Crippen LogP contribution in [0, 0.1) is 5.41 Å². The second kappa shape index (κ2) is 15.8. The number of carbonyl (C=O) groups excluding carboxylic acids is 1. The molecule has 2 N–H and O–H groups in total. The number of halogens is 2. The summed E-state index contributed by atoms with van der Waals surface area (Å²) in [5.41, 5.74) is 1.64. The lowest BCUT2D eigenvalue weighted by molar-refractivity contribution is -0.149. The highest BCUT2D eigenvalue weighted by Crippen LogP contribution is 2.20. The monoisotopic (exact) mass is 568 g/mol. The maximum absolute atomic E-state index is 12.9. The molecule has 0 aliphatic rings. The summed E-state index contributed by atoms with van der Waals surface area (Å²) in [5.74, 6) is -0.362. The van der Waals surface area contributed by atoms with Crippen molar-refractivity contribution in [3.05, 3.63) is 63.6 Å². The number of nitrogens with zero attached hydrogens (tertiary/aromatic N) is 1. The standard InChI is InChI=1S/C28H38Cl2N2O6/c1-5-37-25(26(33)34)16-20-6-8-24(9-7-20)38-13-11-32(27(35)31-19-28(2,3)4)10-12-36-18-21-14-22(29)17-23(30)15-21/h6-9,14-15,17,25H,5,10-13,16,18-19H2,1-4H3,(H,31,35)(H,33,34). The van der Waals surface area contributed by atoms with Gasteiger partial charge in [-0.3, -0.25) is 0 Å². The quantitative estimate of drug-likeness (QED) is 0.268. The Bertz CT molecular complexity index is 1010. The molecular weight excluding hydrogens is 531 g/mol.